The zero-order valence-corrected chi connectivity index (χ0v) is 23.8. The van der Waals surface area contributed by atoms with Crippen LogP contribution in [0.4, 0.5) is 38.8 Å². The number of fused-ring (bicyclic) bond motifs is 2. The van der Waals surface area contributed by atoms with Gasteiger partial charge in [-0.25, -0.2) is 9.37 Å². The minimum Gasteiger partial charge on any atom is -0.381 e. The van der Waals surface area contributed by atoms with Crippen LogP contribution in [0.3, 0.4) is 0 Å². The molecule has 0 aliphatic carbocycles. The Morgan fingerprint density at radius 1 is 0.975 bits per heavy atom. The van der Waals surface area contributed by atoms with Crippen molar-refractivity contribution in [2.24, 2.45) is 7.05 Å². The molecule has 1 saturated heterocycles. The number of aromatic nitrogens is 3. The van der Waals surface area contributed by atoms with Crippen LogP contribution in [-0.4, -0.2) is 65.8 Å². The molecule has 2 aliphatic heterocycles. The fraction of sp³-hybridized carbons (Fsp3) is 0.367. The van der Waals surface area contributed by atoms with Gasteiger partial charge in [0.1, 0.15) is 5.69 Å². The molecule has 0 bridgehead atoms. The summed E-state index contributed by atoms with van der Waals surface area (Å²) in [5.41, 5.74) is 4.54. The van der Waals surface area contributed by atoms with Crippen molar-refractivity contribution in [3.63, 3.8) is 0 Å². The van der Waals surface area contributed by atoms with E-state index in [2.05, 4.69) is 49.6 Å². The van der Waals surface area contributed by atoms with Gasteiger partial charge in [-0.15, -0.1) is 0 Å². The Morgan fingerprint density at radius 3 is 2.42 bits per heavy atom. The molecule has 2 aromatic carbocycles. The molecule has 0 spiro atoms. The molecule has 9 nitrogen and oxygen atoms in total. The molecule has 0 saturated carbocycles. The number of nitrogens with one attached hydrogen (secondary N) is 2. The van der Waals surface area contributed by atoms with Crippen molar-refractivity contribution in [2.75, 3.05) is 66.7 Å². The van der Waals surface area contributed by atoms with Crippen molar-refractivity contribution < 1.29 is 4.39 Å². The number of benzene rings is 2. The van der Waals surface area contributed by atoms with Crippen molar-refractivity contribution in [1.29, 1.82) is 0 Å². The Labute approximate surface area is 234 Å². The van der Waals surface area contributed by atoms with Crippen LogP contribution in [0.25, 0.3) is 11.0 Å². The summed E-state index contributed by atoms with van der Waals surface area (Å²) < 4.78 is 17.3. The molecule has 1 fully saturated rings. The second-order valence-corrected chi connectivity index (χ2v) is 9.97. The molecule has 0 amide bonds. The first-order chi connectivity index (χ1) is 19.4. The SMILES string of the molecule is CC.Cc1cccc2c1NCCN2c1c(F)c2cnc(Nc3ccc(N4CCN(C)CC4)cc3)nc2n(C)c1=O. The highest BCUT2D eigenvalue weighted by atomic mass is 19.1. The van der Waals surface area contributed by atoms with E-state index in [1.54, 1.807) is 11.9 Å². The standard InChI is InChI=1S/C28H31FN8O.C2H6/c1-18-5-4-6-22-24(18)30-11-12-37(22)25-23(29)21-17-31-28(33-26(21)35(3)27(25)38)32-19-7-9-20(10-8-19)36-15-13-34(2)14-16-36;1-2/h4-10,17,30H,11-16H2,1-3H3,(H,31,32,33);1-2H3. The van der Waals surface area contributed by atoms with Gasteiger partial charge in [-0.3, -0.25) is 9.36 Å². The van der Waals surface area contributed by atoms with Crippen LogP contribution in [-0.2, 0) is 7.05 Å². The lowest BCUT2D eigenvalue weighted by Gasteiger charge is -2.34. The molecule has 2 aromatic heterocycles. The van der Waals surface area contributed by atoms with Crippen LogP contribution in [0.2, 0.25) is 0 Å². The van der Waals surface area contributed by atoms with Crippen LogP contribution in [0.5, 0.6) is 0 Å². The number of pyridine rings is 1. The van der Waals surface area contributed by atoms with Gasteiger partial charge in [-0.05, 0) is 49.9 Å². The van der Waals surface area contributed by atoms with Gasteiger partial charge in [0, 0.05) is 63.9 Å². The number of hydrogen-bond donors (Lipinski definition) is 2. The van der Waals surface area contributed by atoms with Crippen molar-refractivity contribution in [3.05, 3.63) is 70.4 Å². The normalized spacial score (nSPS) is 15.2. The summed E-state index contributed by atoms with van der Waals surface area (Å²) in [6, 6.07) is 13.9. The van der Waals surface area contributed by atoms with E-state index in [1.807, 2.05) is 51.1 Å². The minimum absolute atomic E-state index is 0.0113. The summed E-state index contributed by atoms with van der Waals surface area (Å²) in [7, 11) is 3.76. The maximum absolute atomic E-state index is 15.9. The average Bonchev–Trinajstić information content (AvgIpc) is 2.98. The quantitative estimate of drug-likeness (QED) is 0.377. The third-order valence-corrected chi connectivity index (χ3v) is 7.48. The van der Waals surface area contributed by atoms with Gasteiger partial charge in [-0.1, -0.05) is 26.0 Å². The second-order valence-electron chi connectivity index (χ2n) is 9.97. The number of likely N-dealkylation sites (N-methyl/N-ethyl adjacent to an activating group) is 1. The van der Waals surface area contributed by atoms with E-state index < -0.39 is 11.4 Å². The summed E-state index contributed by atoms with van der Waals surface area (Å²) >= 11 is 0. The monoisotopic (exact) mass is 544 g/mol. The van der Waals surface area contributed by atoms with Crippen molar-refractivity contribution >= 4 is 45.4 Å². The van der Waals surface area contributed by atoms with E-state index in [9.17, 15) is 4.79 Å². The van der Waals surface area contributed by atoms with Gasteiger partial charge in [0.2, 0.25) is 5.95 Å². The highest BCUT2D eigenvalue weighted by molar-refractivity contribution is 5.86. The molecule has 6 rings (SSSR count). The molecule has 0 radical (unpaired) electrons. The molecule has 4 heterocycles. The Hall–Kier alpha value is -4.18. The Bertz CT molecular complexity index is 1560. The molecule has 40 heavy (non-hydrogen) atoms. The van der Waals surface area contributed by atoms with Gasteiger partial charge in [0.05, 0.1) is 16.8 Å². The lowest BCUT2D eigenvalue weighted by atomic mass is 10.1. The lowest BCUT2D eigenvalue weighted by molar-refractivity contribution is 0.313. The van der Waals surface area contributed by atoms with Crippen LogP contribution >= 0.6 is 0 Å². The fourth-order valence-corrected chi connectivity index (χ4v) is 5.26. The van der Waals surface area contributed by atoms with E-state index in [4.69, 9.17) is 0 Å². The van der Waals surface area contributed by atoms with E-state index in [0.717, 1.165) is 48.8 Å². The van der Waals surface area contributed by atoms with Crippen molar-refractivity contribution in [2.45, 2.75) is 20.8 Å². The maximum Gasteiger partial charge on any atom is 0.278 e. The number of aryl methyl sites for hydroxylation is 2. The first-order valence-corrected chi connectivity index (χ1v) is 13.9. The predicted octanol–water partition coefficient (Wildman–Crippen LogP) is 4.86. The number of rotatable bonds is 4. The predicted molar refractivity (Wildman–Crippen MR) is 162 cm³/mol. The molecule has 0 unspecified atom stereocenters. The molecule has 10 heteroatoms. The van der Waals surface area contributed by atoms with Gasteiger partial charge < -0.3 is 25.3 Å². The summed E-state index contributed by atoms with van der Waals surface area (Å²) in [4.78, 5) is 28.8. The van der Waals surface area contributed by atoms with Crippen LogP contribution in [0.15, 0.2) is 53.5 Å². The molecule has 4 aromatic rings. The zero-order valence-electron chi connectivity index (χ0n) is 23.8. The third-order valence-electron chi connectivity index (χ3n) is 7.48. The first-order valence-electron chi connectivity index (χ1n) is 13.9. The van der Waals surface area contributed by atoms with Gasteiger partial charge >= 0.3 is 0 Å². The number of hydrogen-bond acceptors (Lipinski definition) is 8. The van der Waals surface area contributed by atoms with Crippen LogP contribution in [0.1, 0.15) is 19.4 Å². The third kappa shape index (κ3) is 5.06. The summed E-state index contributed by atoms with van der Waals surface area (Å²) in [6.07, 6.45) is 1.45. The molecule has 2 aliphatic rings. The van der Waals surface area contributed by atoms with E-state index in [0.29, 0.717) is 19.0 Å². The average molecular weight is 545 g/mol. The highest BCUT2D eigenvalue weighted by Gasteiger charge is 2.27. The van der Waals surface area contributed by atoms with E-state index >= 15 is 4.39 Å². The Balaban J connectivity index is 0.00000158. The molecular weight excluding hydrogens is 507 g/mol. The van der Waals surface area contributed by atoms with E-state index in [-0.39, 0.29) is 16.7 Å². The number of piperazine rings is 1. The fourth-order valence-electron chi connectivity index (χ4n) is 5.26. The zero-order chi connectivity index (χ0) is 28.4. The smallest absolute Gasteiger partial charge is 0.278 e. The second kappa shape index (κ2) is 11.5. The largest absolute Gasteiger partial charge is 0.381 e. The number of halogens is 1. The lowest BCUT2D eigenvalue weighted by Crippen LogP contribution is -2.44. The molecule has 2 N–H and O–H groups in total. The number of nitrogens with zero attached hydrogens (tertiary/aromatic N) is 6. The number of para-hydroxylation sites is 1. The summed E-state index contributed by atoms with van der Waals surface area (Å²) in [5, 5.41) is 6.76. The highest BCUT2D eigenvalue weighted by Crippen LogP contribution is 2.37. The van der Waals surface area contributed by atoms with Gasteiger partial charge in [0.25, 0.3) is 5.56 Å². The van der Waals surface area contributed by atoms with Crippen LogP contribution in [0, 0.1) is 12.7 Å². The summed E-state index contributed by atoms with van der Waals surface area (Å²) in [5.74, 6) is -0.310. The molecular formula is C30H37FN8O. The van der Waals surface area contributed by atoms with Crippen LogP contribution < -0.4 is 26.0 Å². The molecule has 210 valence electrons. The minimum atomic E-state index is -0.611. The topological polar surface area (TPSA) is 81.6 Å². The van der Waals surface area contributed by atoms with E-state index in [1.165, 1.54) is 16.5 Å². The Kier molecular flexibility index (Phi) is 7.88. The van der Waals surface area contributed by atoms with Gasteiger partial charge in [0.15, 0.2) is 11.5 Å². The van der Waals surface area contributed by atoms with Crippen molar-refractivity contribution in [3.8, 4) is 0 Å². The first kappa shape index (κ1) is 27.4. The maximum atomic E-state index is 15.9. The van der Waals surface area contributed by atoms with Crippen molar-refractivity contribution in [1.82, 2.24) is 19.4 Å². The van der Waals surface area contributed by atoms with Gasteiger partial charge in [-0.2, -0.15) is 4.98 Å². The molecule has 0 atom stereocenters. The number of anilines is 6. The summed E-state index contributed by atoms with van der Waals surface area (Å²) in [6.45, 7) is 11.2. The Morgan fingerprint density at radius 2 is 1.70 bits per heavy atom.